The molecule has 1 rings (SSSR count). The van der Waals surface area contributed by atoms with Crippen molar-refractivity contribution in [2.45, 2.75) is 6.92 Å². The average molecular weight is 187 g/mol. The van der Waals surface area contributed by atoms with Gasteiger partial charge in [-0.15, -0.1) is 11.3 Å². The van der Waals surface area contributed by atoms with Crippen LogP contribution in [0, 0.1) is 0 Å². The molecule has 1 aromatic heterocycles. The average Bonchev–Trinajstić information content (AvgIpc) is 2.34. The van der Waals surface area contributed by atoms with E-state index in [4.69, 9.17) is 0 Å². The summed E-state index contributed by atoms with van der Waals surface area (Å²) in [7, 11) is 0. The Bertz CT molecular complexity index is 410. The third-order valence-electron chi connectivity index (χ3n) is 1.51. The first kappa shape index (κ1) is 12.2. The van der Waals surface area contributed by atoms with Crippen LogP contribution in [0.25, 0.3) is 12.2 Å². The fourth-order valence-corrected chi connectivity index (χ4v) is 0.958. The van der Waals surface area contributed by atoms with E-state index in [9.17, 15) is 4.79 Å². The first-order chi connectivity index (χ1) is 5.29. The summed E-state index contributed by atoms with van der Waals surface area (Å²) in [6, 6.07) is 0. The van der Waals surface area contributed by atoms with Crippen molar-refractivity contribution in [1.82, 2.24) is 4.98 Å². The Labute approximate surface area is 113 Å². The molecule has 1 aromatic rings. The molecule has 58 valence electrons. The van der Waals surface area contributed by atoms with Crippen molar-refractivity contribution in [3.63, 3.8) is 0 Å². The fraction of sp³-hybridized carbons (Fsp3) is 0.111. The Morgan fingerprint density at radius 1 is 1.58 bits per heavy atom. The first-order valence-corrected chi connectivity index (χ1v) is 3.43. The van der Waals surface area contributed by atoms with Gasteiger partial charge >= 0.3 is 51.4 Å². The van der Waals surface area contributed by atoms with Crippen molar-refractivity contribution in [3.8, 4) is 0 Å². The number of allylic oxidation sites excluding steroid dienone is 1. The van der Waals surface area contributed by atoms with Crippen molar-refractivity contribution in [2.75, 3.05) is 0 Å². The SMILES string of the molecule is C=C/C=c1/c(=O)[nH][cH-]/c1=C/C.[K+]. The maximum Gasteiger partial charge on any atom is 1.00 e. The van der Waals surface area contributed by atoms with Gasteiger partial charge in [0.1, 0.15) is 5.56 Å². The molecule has 0 aliphatic heterocycles. The Hall–Kier alpha value is 0.196. The van der Waals surface area contributed by atoms with E-state index in [1.165, 1.54) is 0 Å². The maximum absolute atomic E-state index is 11.0. The largest absolute Gasteiger partial charge is 1.00 e. The molecule has 0 fully saturated rings. The molecular weight excluding hydrogens is 177 g/mol. The van der Waals surface area contributed by atoms with Gasteiger partial charge in [-0.2, -0.15) is 6.08 Å². The van der Waals surface area contributed by atoms with Crippen LogP contribution in [0.3, 0.4) is 0 Å². The van der Waals surface area contributed by atoms with E-state index >= 15 is 0 Å². The van der Waals surface area contributed by atoms with E-state index < -0.39 is 0 Å². The van der Waals surface area contributed by atoms with Crippen LogP contribution in [0.1, 0.15) is 6.92 Å². The summed E-state index contributed by atoms with van der Waals surface area (Å²) in [4.78, 5) is 13.6. The molecule has 0 unspecified atom stereocenters. The molecular formula is C9H10KNO. The number of aromatic nitrogens is 1. The molecule has 0 saturated carbocycles. The quantitative estimate of drug-likeness (QED) is 0.366. The van der Waals surface area contributed by atoms with Crippen LogP contribution < -0.4 is 67.4 Å². The number of hydrogen-bond acceptors (Lipinski definition) is 1. The van der Waals surface area contributed by atoms with Crippen LogP contribution in [0.5, 0.6) is 0 Å². The van der Waals surface area contributed by atoms with Gasteiger partial charge in [0.05, 0.1) is 0 Å². The molecule has 0 saturated heterocycles. The molecule has 0 aliphatic carbocycles. The first-order valence-electron chi connectivity index (χ1n) is 3.43. The summed E-state index contributed by atoms with van der Waals surface area (Å²) in [5.41, 5.74) is -0.0574. The summed E-state index contributed by atoms with van der Waals surface area (Å²) in [5.74, 6) is 0. The molecule has 12 heavy (non-hydrogen) atoms. The van der Waals surface area contributed by atoms with Crippen molar-refractivity contribution >= 4 is 12.2 Å². The fourth-order valence-electron chi connectivity index (χ4n) is 0.958. The standard InChI is InChI=1S/C9H10NO.K/c1-3-5-8-7(4-2)6-10-9(8)11;/h3-6H,1H2,2H3,(H,10,11);/q-1;+1/b7-4-,8-5+;. The van der Waals surface area contributed by atoms with Crippen molar-refractivity contribution < 1.29 is 51.4 Å². The van der Waals surface area contributed by atoms with Gasteiger partial charge < -0.3 is 9.78 Å². The van der Waals surface area contributed by atoms with Crippen LogP contribution in [0.2, 0.25) is 0 Å². The van der Waals surface area contributed by atoms with Crippen LogP contribution in [-0.4, -0.2) is 4.98 Å². The molecule has 0 radical (unpaired) electrons. The molecule has 0 aromatic carbocycles. The van der Waals surface area contributed by atoms with Gasteiger partial charge in [0, 0.05) is 0 Å². The summed E-state index contributed by atoms with van der Waals surface area (Å²) < 4.78 is 0. The number of aromatic amines is 1. The zero-order valence-electron chi connectivity index (χ0n) is 7.42. The molecule has 2 nitrogen and oxygen atoms in total. The summed E-state index contributed by atoms with van der Waals surface area (Å²) in [6.45, 7) is 5.42. The smallest absolute Gasteiger partial charge is 0.415 e. The normalized spacial score (nSPS) is 12.8. The zero-order chi connectivity index (χ0) is 8.27. The summed E-state index contributed by atoms with van der Waals surface area (Å²) in [5, 5.41) is 1.61. The molecule has 1 heterocycles. The topological polar surface area (TPSA) is 32.9 Å². The Morgan fingerprint density at radius 3 is 2.75 bits per heavy atom. The summed E-state index contributed by atoms with van der Waals surface area (Å²) >= 11 is 0. The summed E-state index contributed by atoms with van der Waals surface area (Å²) in [6.07, 6.45) is 6.89. The minimum absolute atomic E-state index is 0. The molecule has 1 N–H and O–H groups in total. The van der Waals surface area contributed by atoms with Crippen LogP contribution in [0.15, 0.2) is 23.6 Å². The molecule has 0 spiro atoms. The monoisotopic (exact) mass is 187 g/mol. The Kier molecular flexibility index (Phi) is 5.87. The van der Waals surface area contributed by atoms with Gasteiger partial charge in [0.25, 0.3) is 0 Å². The molecule has 0 bridgehead atoms. The van der Waals surface area contributed by atoms with Gasteiger partial charge in [-0.3, -0.25) is 0 Å². The molecule has 3 heteroatoms. The number of H-pyrrole nitrogens is 1. The van der Waals surface area contributed by atoms with Crippen molar-refractivity contribution in [3.05, 3.63) is 39.6 Å². The number of hydrogen-bond donors (Lipinski definition) is 1. The van der Waals surface area contributed by atoms with E-state index in [2.05, 4.69) is 11.6 Å². The van der Waals surface area contributed by atoms with Gasteiger partial charge in [-0.1, -0.05) is 31.0 Å². The predicted octanol–water partition coefficient (Wildman–Crippen LogP) is -3.14. The Morgan fingerprint density at radius 2 is 2.25 bits per heavy atom. The molecule has 0 aliphatic rings. The van der Waals surface area contributed by atoms with E-state index in [0.717, 1.165) is 5.22 Å². The number of nitrogens with one attached hydrogen (secondary N) is 1. The van der Waals surface area contributed by atoms with Gasteiger partial charge in [0.2, 0.25) is 0 Å². The zero-order valence-corrected chi connectivity index (χ0v) is 10.5. The molecule has 0 amide bonds. The van der Waals surface area contributed by atoms with Crippen LogP contribution >= 0.6 is 0 Å². The van der Waals surface area contributed by atoms with E-state index in [1.807, 2.05) is 13.0 Å². The van der Waals surface area contributed by atoms with Crippen LogP contribution in [-0.2, 0) is 0 Å². The maximum atomic E-state index is 11.0. The van der Waals surface area contributed by atoms with Gasteiger partial charge in [-0.25, -0.2) is 0 Å². The predicted molar refractivity (Wildman–Crippen MR) is 46.7 cm³/mol. The third-order valence-corrected chi connectivity index (χ3v) is 1.51. The van der Waals surface area contributed by atoms with Crippen molar-refractivity contribution in [2.24, 2.45) is 0 Å². The van der Waals surface area contributed by atoms with Gasteiger partial charge in [0.15, 0.2) is 0 Å². The minimum atomic E-state index is -0.0574. The second-order valence-corrected chi connectivity index (χ2v) is 2.18. The Balaban J connectivity index is 0.00000121. The van der Waals surface area contributed by atoms with E-state index in [1.54, 1.807) is 18.3 Å². The van der Waals surface area contributed by atoms with E-state index in [-0.39, 0.29) is 56.9 Å². The van der Waals surface area contributed by atoms with Gasteiger partial charge in [-0.05, 0) is 0 Å². The second kappa shape index (κ2) is 5.78. The van der Waals surface area contributed by atoms with Crippen molar-refractivity contribution in [1.29, 1.82) is 0 Å². The second-order valence-electron chi connectivity index (χ2n) is 2.18. The van der Waals surface area contributed by atoms with Crippen LogP contribution in [0.4, 0.5) is 0 Å². The van der Waals surface area contributed by atoms with E-state index in [0.29, 0.717) is 5.22 Å². The molecule has 0 atom stereocenters. The number of rotatable bonds is 1. The minimum Gasteiger partial charge on any atom is -0.415 e. The third kappa shape index (κ3) is 2.60.